The second-order valence-electron chi connectivity index (χ2n) is 7.49. The zero-order valence-electron chi connectivity index (χ0n) is 17.6. The summed E-state index contributed by atoms with van der Waals surface area (Å²) in [5.41, 5.74) is 0.882. The van der Waals surface area contributed by atoms with Gasteiger partial charge in [0.1, 0.15) is 23.3 Å². The van der Waals surface area contributed by atoms with Crippen LogP contribution in [0.3, 0.4) is 0 Å². The zero-order valence-corrected chi connectivity index (χ0v) is 17.6. The highest BCUT2D eigenvalue weighted by atomic mass is 19.1. The third-order valence-electron chi connectivity index (χ3n) is 4.96. The Balaban J connectivity index is 1.56. The molecule has 2 N–H and O–H groups in total. The van der Waals surface area contributed by atoms with Gasteiger partial charge >= 0.3 is 0 Å². The maximum atomic E-state index is 13.7. The van der Waals surface area contributed by atoms with Crippen LogP contribution in [0.2, 0.25) is 0 Å². The Kier molecular flexibility index (Phi) is 8.18. The van der Waals surface area contributed by atoms with Crippen molar-refractivity contribution in [1.82, 2.24) is 10.6 Å². The number of hydrogen-bond donors (Lipinski definition) is 2. The minimum absolute atomic E-state index is 0.0428. The standard InChI is InChI=1S/C25H22F4N2O2/c26-18-6-1-4-16(12-18)13-23(17-5-2-7-19(27)14-17)31-24(32)8-3-11-30-25(33)21-10-9-20(28)15-22(21)29/h1-2,4-7,9-10,12,14-15,23H,3,8,11,13H2,(H,30,33)(H,31,32). The molecule has 3 aromatic carbocycles. The van der Waals surface area contributed by atoms with Crippen molar-refractivity contribution in [2.24, 2.45) is 0 Å². The fourth-order valence-corrected chi connectivity index (χ4v) is 3.36. The smallest absolute Gasteiger partial charge is 0.254 e. The Morgan fingerprint density at radius 3 is 2.21 bits per heavy atom. The number of nitrogens with one attached hydrogen (secondary N) is 2. The van der Waals surface area contributed by atoms with Gasteiger partial charge in [0.15, 0.2) is 0 Å². The summed E-state index contributed by atoms with van der Waals surface area (Å²) in [5, 5.41) is 5.30. The monoisotopic (exact) mass is 458 g/mol. The minimum Gasteiger partial charge on any atom is -0.352 e. The van der Waals surface area contributed by atoms with Gasteiger partial charge in [0.25, 0.3) is 5.91 Å². The molecule has 0 aliphatic heterocycles. The second kappa shape index (κ2) is 11.3. The number of rotatable bonds is 9. The molecule has 1 unspecified atom stereocenters. The van der Waals surface area contributed by atoms with E-state index in [0.29, 0.717) is 17.2 Å². The second-order valence-corrected chi connectivity index (χ2v) is 7.49. The van der Waals surface area contributed by atoms with Crippen LogP contribution in [-0.2, 0) is 11.2 Å². The van der Waals surface area contributed by atoms with Gasteiger partial charge in [0.2, 0.25) is 5.91 Å². The lowest BCUT2D eigenvalue weighted by atomic mass is 9.98. The highest BCUT2D eigenvalue weighted by Gasteiger charge is 2.17. The van der Waals surface area contributed by atoms with Crippen LogP contribution in [0.25, 0.3) is 0 Å². The van der Waals surface area contributed by atoms with Gasteiger partial charge in [-0.05, 0) is 60.4 Å². The van der Waals surface area contributed by atoms with Gasteiger partial charge in [-0.1, -0.05) is 24.3 Å². The molecule has 0 heterocycles. The van der Waals surface area contributed by atoms with Crippen LogP contribution in [0, 0.1) is 23.3 Å². The number of benzene rings is 3. The molecule has 0 spiro atoms. The molecule has 3 aromatic rings. The van der Waals surface area contributed by atoms with Crippen molar-refractivity contribution in [2.75, 3.05) is 6.54 Å². The van der Waals surface area contributed by atoms with E-state index < -0.39 is 35.2 Å². The fourth-order valence-electron chi connectivity index (χ4n) is 3.36. The van der Waals surface area contributed by atoms with Crippen LogP contribution < -0.4 is 10.6 Å². The van der Waals surface area contributed by atoms with Crippen LogP contribution >= 0.6 is 0 Å². The van der Waals surface area contributed by atoms with Gasteiger partial charge in [0, 0.05) is 19.0 Å². The fraction of sp³-hybridized carbons (Fsp3) is 0.200. The Morgan fingerprint density at radius 1 is 0.818 bits per heavy atom. The Hall–Kier alpha value is -3.68. The summed E-state index contributed by atoms with van der Waals surface area (Å²) in [6, 6.07) is 13.8. The van der Waals surface area contributed by atoms with Gasteiger partial charge in [0.05, 0.1) is 11.6 Å². The maximum Gasteiger partial charge on any atom is 0.254 e. The maximum absolute atomic E-state index is 13.7. The first-order valence-electron chi connectivity index (χ1n) is 10.3. The van der Waals surface area contributed by atoms with Crippen molar-refractivity contribution in [3.8, 4) is 0 Å². The molecular weight excluding hydrogens is 436 g/mol. The third-order valence-corrected chi connectivity index (χ3v) is 4.96. The molecule has 0 saturated carbocycles. The third kappa shape index (κ3) is 7.17. The highest BCUT2D eigenvalue weighted by Crippen LogP contribution is 2.20. The largest absolute Gasteiger partial charge is 0.352 e. The number of hydrogen-bond acceptors (Lipinski definition) is 2. The first-order valence-corrected chi connectivity index (χ1v) is 10.3. The molecule has 0 aromatic heterocycles. The van der Waals surface area contributed by atoms with Gasteiger partial charge < -0.3 is 10.6 Å². The van der Waals surface area contributed by atoms with Gasteiger partial charge in [-0.25, -0.2) is 17.6 Å². The lowest BCUT2D eigenvalue weighted by Gasteiger charge is -2.20. The predicted molar refractivity (Wildman–Crippen MR) is 115 cm³/mol. The van der Waals surface area contributed by atoms with Crippen molar-refractivity contribution in [3.63, 3.8) is 0 Å². The molecule has 0 fully saturated rings. The number of amides is 2. The Labute approximate surface area is 188 Å². The predicted octanol–water partition coefficient (Wildman–Crippen LogP) is 4.85. The van der Waals surface area contributed by atoms with Crippen molar-refractivity contribution in [1.29, 1.82) is 0 Å². The van der Waals surface area contributed by atoms with Gasteiger partial charge in [-0.15, -0.1) is 0 Å². The minimum atomic E-state index is -0.972. The molecule has 0 radical (unpaired) electrons. The normalized spacial score (nSPS) is 11.6. The summed E-state index contributed by atoms with van der Waals surface area (Å²) < 4.78 is 53.9. The van der Waals surface area contributed by atoms with E-state index in [4.69, 9.17) is 0 Å². The molecule has 8 heteroatoms. The van der Waals surface area contributed by atoms with Crippen molar-refractivity contribution in [2.45, 2.75) is 25.3 Å². The molecular formula is C25H22F4N2O2. The van der Waals surface area contributed by atoms with E-state index in [1.165, 1.54) is 30.3 Å². The summed E-state index contributed by atoms with van der Waals surface area (Å²) in [7, 11) is 0. The molecule has 0 saturated heterocycles. The lowest BCUT2D eigenvalue weighted by Crippen LogP contribution is -2.31. The van der Waals surface area contributed by atoms with Crippen LogP contribution in [0.15, 0.2) is 66.7 Å². The number of carbonyl (C=O) groups is 2. The molecule has 0 aliphatic rings. The molecule has 4 nitrogen and oxygen atoms in total. The van der Waals surface area contributed by atoms with Crippen LogP contribution in [0.4, 0.5) is 17.6 Å². The lowest BCUT2D eigenvalue weighted by molar-refractivity contribution is -0.121. The average molecular weight is 458 g/mol. The van der Waals surface area contributed by atoms with E-state index in [1.54, 1.807) is 18.2 Å². The SMILES string of the molecule is O=C(CCCNC(=O)c1ccc(F)cc1F)NC(Cc1cccc(F)c1)c1cccc(F)c1. The summed E-state index contributed by atoms with van der Waals surface area (Å²) in [4.78, 5) is 24.5. The van der Waals surface area contributed by atoms with E-state index >= 15 is 0 Å². The van der Waals surface area contributed by atoms with Crippen molar-refractivity contribution in [3.05, 3.63) is 107 Å². The number of carbonyl (C=O) groups excluding carboxylic acids is 2. The molecule has 0 aliphatic carbocycles. The average Bonchev–Trinajstić information content (AvgIpc) is 2.76. The van der Waals surface area contributed by atoms with Crippen molar-refractivity contribution >= 4 is 11.8 Å². The summed E-state index contributed by atoms with van der Waals surface area (Å²) in [6.07, 6.45) is 0.560. The van der Waals surface area contributed by atoms with E-state index in [2.05, 4.69) is 10.6 Å². The quantitative estimate of drug-likeness (QED) is 0.356. The molecule has 33 heavy (non-hydrogen) atoms. The zero-order chi connectivity index (χ0) is 23.8. The highest BCUT2D eigenvalue weighted by molar-refractivity contribution is 5.94. The topological polar surface area (TPSA) is 58.2 Å². The molecule has 2 amide bonds. The molecule has 172 valence electrons. The summed E-state index contributed by atoms with van der Waals surface area (Å²) in [5.74, 6) is -3.68. The summed E-state index contributed by atoms with van der Waals surface area (Å²) >= 11 is 0. The van der Waals surface area contributed by atoms with Gasteiger partial charge in [-0.2, -0.15) is 0 Å². The Morgan fingerprint density at radius 2 is 1.52 bits per heavy atom. The molecule has 3 rings (SSSR count). The van der Waals surface area contributed by atoms with Crippen molar-refractivity contribution < 1.29 is 27.2 Å². The van der Waals surface area contributed by atoms with E-state index in [0.717, 1.165) is 12.1 Å². The molecule has 1 atom stereocenters. The van der Waals surface area contributed by atoms with E-state index in [1.807, 2.05) is 0 Å². The van der Waals surface area contributed by atoms with E-state index in [9.17, 15) is 27.2 Å². The summed E-state index contributed by atoms with van der Waals surface area (Å²) in [6.45, 7) is 0.0948. The van der Waals surface area contributed by atoms with Crippen LogP contribution in [0.1, 0.15) is 40.4 Å². The van der Waals surface area contributed by atoms with Gasteiger partial charge in [-0.3, -0.25) is 9.59 Å². The van der Waals surface area contributed by atoms with Crippen LogP contribution in [0.5, 0.6) is 0 Å². The first-order chi connectivity index (χ1) is 15.8. The van der Waals surface area contributed by atoms with E-state index in [-0.39, 0.29) is 37.3 Å². The van der Waals surface area contributed by atoms with Crippen LogP contribution in [-0.4, -0.2) is 18.4 Å². The number of halogens is 4. The first kappa shape index (κ1) is 24.0. The molecule has 0 bridgehead atoms. The Bertz CT molecular complexity index is 1140.